The minimum absolute atomic E-state index is 0.826. The molecule has 0 spiro atoms. The van der Waals surface area contributed by atoms with E-state index >= 15 is 0 Å². The number of halogens is 2. The molecular weight excluding hydrogens is 342 g/mol. The van der Waals surface area contributed by atoms with Crippen LogP contribution in [0.25, 0.3) is 0 Å². The van der Waals surface area contributed by atoms with Gasteiger partial charge in [-0.25, -0.2) is 0 Å². The molecule has 0 aromatic rings. The normalized spacial score (nSPS) is 14.8. The molecule has 0 aromatic heterocycles. The van der Waals surface area contributed by atoms with Gasteiger partial charge in [0.05, 0.1) is 0 Å². The zero-order valence-electron chi connectivity index (χ0n) is 12.2. The van der Waals surface area contributed by atoms with Crippen molar-refractivity contribution in [3.05, 3.63) is 22.3 Å². The van der Waals surface area contributed by atoms with Crippen LogP contribution in [0, 0.1) is 0 Å². The summed E-state index contributed by atoms with van der Waals surface area (Å²) in [5.74, 6) is 0. The summed E-state index contributed by atoms with van der Waals surface area (Å²) in [5.41, 5.74) is 6.71. The molecule has 0 unspecified atom stereocenters. The third-order valence-electron chi connectivity index (χ3n) is 3.49. The third kappa shape index (κ3) is 6.92. The Morgan fingerprint density at radius 1 is 0.889 bits per heavy atom. The molecule has 0 aromatic carbocycles. The number of rotatable bonds is 6. The summed E-state index contributed by atoms with van der Waals surface area (Å²) in [7, 11) is 9.87. The average Bonchev–Trinajstić information content (AvgIpc) is 2.59. The van der Waals surface area contributed by atoms with E-state index in [0.29, 0.717) is 0 Å². The summed E-state index contributed by atoms with van der Waals surface area (Å²) in [6, 6.07) is 0. The monoisotopic (exact) mass is 366 g/mol. The van der Waals surface area contributed by atoms with Gasteiger partial charge in [0.15, 0.2) is 0 Å². The summed E-state index contributed by atoms with van der Waals surface area (Å²) in [4.78, 5) is 0. The SMILES string of the molecule is CCCCC1=C(C)CC(C)=C1CCCC.[Cl][Zr][Cl]. The van der Waals surface area contributed by atoms with Gasteiger partial charge < -0.3 is 0 Å². The Balaban J connectivity index is 0.000000873. The Morgan fingerprint density at radius 2 is 1.22 bits per heavy atom. The van der Waals surface area contributed by atoms with Crippen molar-refractivity contribution in [1.82, 2.24) is 0 Å². The summed E-state index contributed by atoms with van der Waals surface area (Å²) >= 11 is -0.826. The van der Waals surface area contributed by atoms with E-state index in [2.05, 4.69) is 27.7 Å². The van der Waals surface area contributed by atoms with Crippen molar-refractivity contribution >= 4 is 17.0 Å². The van der Waals surface area contributed by atoms with Crippen LogP contribution in [0.4, 0.5) is 0 Å². The van der Waals surface area contributed by atoms with Gasteiger partial charge in [0.2, 0.25) is 0 Å². The first-order valence-electron chi connectivity index (χ1n) is 6.96. The van der Waals surface area contributed by atoms with E-state index < -0.39 is 20.8 Å². The van der Waals surface area contributed by atoms with E-state index in [1.165, 1.54) is 44.9 Å². The van der Waals surface area contributed by atoms with Crippen molar-refractivity contribution in [2.75, 3.05) is 0 Å². The Kier molecular flexibility index (Phi) is 12.4. The molecule has 0 saturated carbocycles. The summed E-state index contributed by atoms with van der Waals surface area (Å²) in [6.07, 6.45) is 9.23. The topological polar surface area (TPSA) is 0 Å². The van der Waals surface area contributed by atoms with Gasteiger partial charge in [-0.05, 0) is 57.1 Å². The molecule has 0 N–H and O–H groups in total. The maximum atomic E-state index is 4.93. The molecule has 0 fully saturated rings. The zero-order valence-corrected chi connectivity index (χ0v) is 16.2. The van der Waals surface area contributed by atoms with Gasteiger partial charge in [0.1, 0.15) is 0 Å². The van der Waals surface area contributed by atoms with Crippen LogP contribution in [0.5, 0.6) is 0 Å². The molecule has 0 nitrogen and oxygen atoms in total. The molecule has 0 saturated heterocycles. The molecule has 1 aliphatic carbocycles. The number of hydrogen-bond donors (Lipinski definition) is 0. The molecule has 0 aliphatic heterocycles. The molecular formula is C15H26Cl2Zr. The van der Waals surface area contributed by atoms with Crippen LogP contribution in [-0.2, 0) is 20.8 Å². The molecule has 0 amide bonds. The van der Waals surface area contributed by atoms with Crippen LogP contribution in [-0.4, -0.2) is 0 Å². The van der Waals surface area contributed by atoms with Crippen LogP contribution in [0.2, 0.25) is 0 Å². The standard InChI is InChI=1S/C15H26.2ClH.Zr/c1-5-7-9-14-12(3)11-13(4)15(14)10-8-6-2;;;/h5-11H2,1-4H3;2*1H;/q;;;+2/p-2. The van der Waals surface area contributed by atoms with Crippen LogP contribution >= 0.6 is 17.0 Å². The number of allylic oxidation sites excluding steroid dienone is 4. The second-order valence-corrected chi connectivity index (χ2v) is 8.70. The van der Waals surface area contributed by atoms with Gasteiger partial charge in [-0.15, -0.1) is 0 Å². The summed E-state index contributed by atoms with van der Waals surface area (Å²) < 4.78 is 0. The molecule has 0 bridgehead atoms. The van der Waals surface area contributed by atoms with Crippen molar-refractivity contribution in [3.8, 4) is 0 Å². The van der Waals surface area contributed by atoms with E-state index in [0.717, 1.165) is 0 Å². The number of hydrogen-bond acceptors (Lipinski definition) is 0. The van der Waals surface area contributed by atoms with Gasteiger partial charge >= 0.3 is 37.9 Å². The maximum absolute atomic E-state index is 4.93. The molecule has 0 heterocycles. The fourth-order valence-electron chi connectivity index (χ4n) is 2.56. The van der Waals surface area contributed by atoms with Crippen molar-refractivity contribution in [2.24, 2.45) is 0 Å². The molecule has 1 rings (SSSR count). The van der Waals surface area contributed by atoms with Crippen molar-refractivity contribution < 1.29 is 20.8 Å². The van der Waals surface area contributed by atoms with E-state index in [9.17, 15) is 0 Å². The Bertz CT molecular complexity index is 265. The van der Waals surface area contributed by atoms with E-state index in [4.69, 9.17) is 17.0 Å². The van der Waals surface area contributed by atoms with Crippen molar-refractivity contribution in [3.63, 3.8) is 0 Å². The van der Waals surface area contributed by atoms with Gasteiger partial charge in [0.25, 0.3) is 0 Å². The summed E-state index contributed by atoms with van der Waals surface area (Å²) in [5, 5.41) is 0. The van der Waals surface area contributed by atoms with Gasteiger partial charge in [0, 0.05) is 0 Å². The Hall–Kier alpha value is 0.943. The first-order valence-corrected chi connectivity index (χ1v) is 13.3. The van der Waals surface area contributed by atoms with Gasteiger partial charge in [-0.1, -0.05) is 37.8 Å². The van der Waals surface area contributed by atoms with Crippen LogP contribution in [0.1, 0.15) is 72.6 Å². The first-order chi connectivity index (χ1) is 8.62. The predicted molar refractivity (Wildman–Crippen MR) is 80.8 cm³/mol. The van der Waals surface area contributed by atoms with Gasteiger partial charge in [-0.2, -0.15) is 0 Å². The third-order valence-corrected chi connectivity index (χ3v) is 3.49. The molecule has 18 heavy (non-hydrogen) atoms. The van der Waals surface area contributed by atoms with E-state index in [-0.39, 0.29) is 0 Å². The number of unbranched alkanes of at least 4 members (excludes halogenated alkanes) is 2. The second-order valence-electron chi connectivity index (χ2n) is 4.97. The van der Waals surface area contributed by atoms with Crippen LogP contribution in [0.3, 0.4) is 0 Å². The fourth-order valence-corrected chi connectivity index (χ4v) is 2.56. The molecule has 104 valence electrons. The Labute approximate surface area is 132 Å². The zero-order chi connectivity index (χ0) is 14.0. The quantitative estimate of drug-likeness (QED) is 0.485. The Morgan fingerprint density at radius 3 is 1.50 bits per heavy atom. The van der Waals surface area contributed by atoms with E-state index in [1.807, 2.05) is 0 Å². The summed E-state index contributed by atoms with van der Waals surface area (Å²) in [6.45, 7) is 9.22. The van der Waals surface area contributed by atoms with Crippen LogP contribution < -0.4 is 0 Å². The second kappa shape index (κ2) is 11.7. The first kappa shape index (κ1) is 18.9. The van der Waals surface area contributed by atoms with Crippen LogP contribution in [0.15, 0.2) is 22.3 Å². The minimum atomic E-state index is -0.826. The molecule has 0 atom stereocenters. The van der Waals surface area contributed by atoms with Crippen molar-refractivity contribution in [2.45, 2.75) is 72.6 Å². The molecule has 0 radical (unpaired) electrons. The van der Waals surface area contributed by atoms with Crippen molar-refractivity contribution in [1.29, 1.82) is 0 Å². The predicted octanol–water partition coefficient (Wildman–Crippen LogP) is 6.78. The van der Waals surface area contributed by atoms with Gasteiger partial charge in [-0.3, -0.25) is 0 Å². The molecule has 3 heteroatoms. The fraction of sp³-hybridized carbons (Fsp3) is 0.733. The van der Waals surface area contributed by atoms with E-state index in [1.54, 1.807) is 22.3 Å². The average molecular weight is 369 g/mol. The molecule has 1 aliphatic rings.